The molecule has 1 aromatic carbocycles. The summed E-state index contributed by atoms with van der Waals surface area (Å²) in [5.74, 6) is 0.440. The van der Waals surface area contributed by atoms with Crippen molar-refractivity contribution in [2.75, 3.05) is 13.2 Å². The predicted molar refractivity (Wildman–Crippen MR) is 81.0 cm³/mol. The van der Waals surface area contributed by atoms with Crippen LogP contribution in [0.3, 0.4) is 0 Å². The Morgan fingerprint density at radius 3 is 2.74 bits per heavy atom. The molecule has 2 nitrogen and oxygen atoms in total. The molecule has 0 aromatic heterocycles. The van der Waals surface area contributed by atoms with E-state index in [1.54, 1.807) is 0 Å². The molecule has 1 aliphatic heterocycles. The highest BCUT2D eigenvalue weighted by atomic mass is 35.5. The molecule has 2 unspecified atom stereocenters. The molecule has 0 bridgehead atoms. The van der Waals surface area contributed by atoms with Crippen molar-refractivity contribution in [3.8, 4) is 0 Å². The van der Waals surface area contributed by atoms with Gasteiger partial charge < -0.3 is 10.1 Å². The van der Waals surface area contributed by atoms with Crippen LogP contribution in [0.2, 0.25) is 10.0 Å². The summed E-state index contributed by atoms with van der Waals surface area (Å²) in [6.07, 6.45) is 1.09. The van der Waals surface area contributed by atoms with Crippen molar-refractivity contribution in [3.05, 3.63) is 33.8 Å². The zero-order chi connectivity index (χ0) is 14.0. The molecule has 1 fully saturated rings. The maximum absolute atomic E-state index is 6.27. The van der Waals surface area contributed by atoms with Gasteiger partial charge in [-0.1, -0.05) is 23.2 Å². The number of rotatable bonds is 3. The second kappa shape index (κ2) is 6.01. The second-order valence-corrected chi connectivity index (χ2v) is 6.98. The first-order valence-electron chi connectivity index (χ1n) is 6.68. The molecule has 0 amide bonds. The zero-order valence-electron chi connectivity index (χ0n) is 11.7. The summed E-state index contributed by atoms with van der Waals surface area (Å²) >= 11 is 12.3. The molecule has 1 N–H and O–H groups in total. The first kappa shape index (κ1) is 15.1. The maximum atomic E-state index is 6.27. The Balaban J connectivity index is 2.12. The minimum absolute atomic E-state index is 0.0426. The van der Waals surface area contributed by atoms with Crippen LogP contribution in [0.4, 0.5) is 0 Å². The van der Waals surface area contributed by atoms with E-state index in [0.29, 0.717) is 10.9 Å². The van der Waals surface area contributed by atoms with Gasteiger partial charge in [-0.05, 0) is 45.4 Å². The molecular weight excluding hydrogens is 281 g/mol. The van der Waals surface area contributed by atoms with Gasteiger partial charge >= 0.3 is 0 Å². The van der Waals surface area contributed by atoms with Crippen LogP contribution >= 0.6 is 23.2 Å². The smallest absolute Gasteiger partial charge is 0.0880 e. The summed E-state index contributed by atoms with van der Waals surface area (Å²) in [4.78, 5) is 0. The second-order valence-electron chi connectivity index (χ2n) is 6.14. The van der Waals surface area contributed by atoms with Crippen LogP contribution in [0.1, 0.15) is 38.9 Å². The number of halogens is 2. The number of ether oxygens (including phenoxy) is 1. The number of hydrogen-bond donors (Lipinski definition) is 1. The third-order valence-electron chi connectivity index (χ3n) is 3.37. The molecule has 4 heteroatoms. The van der Waals surface area contributed by atoms with Crippen LogP contribution < -0.4 is 5.32 Å². The van der Waals surface area contributed by atoms with E-state index in [2.05, 4.69) is 26.1 Å². The minimum Gasteiger partial charge on any atom is -0.373 e. The van der Waals surface area contributed by atoms with Gasteiger partial charge in [0.25, 0.3) is 0 Å². The average Bonchev–Trinajstić information content (AvgIpc) is 2.77. The van der Waals surface area contributed by atoms with Crippen molar-refractivity contribution in [1.29, 1.82) is 0 Å². The fourth-order valence-corrected chi connectivity index (χ4v) is 2.76. The van der Waals surface area contributed by atoms with Crippen molar-refractivity contribution in [2.24, 2.45) is 5.92 Å². The highest BCUT2D eigenvalue weighted by Gasteiger charge is 2.31. The molecule has 1 aliphatic rings. The molecule has 106 valence electrons. The fourth-order valence-electron chi connectivity index (χ4n) is 2.36. The van der Waals surface area contributed by atoms with Crippen LogP contribution in [-0.2, 0) is 4.74 Å². The Kier molecular flexibility index (Phi) is 4.78. The topological polar surface area (TPSA) is 21.3 Å². The van der Waals surface area contributed by atoms with E-state index in [0.717, 1.165) is 30.2 Å². The Morgan fingerprint density at radius 2 is 2.05 bits per heavy atom. The highest BCUT2D eigenvalue weighted by Crippen LogP contribution is 2.38. The Bertz CT molecular complexity index is 442. The molecule has 2 rings (SSSR count). The van der Waals surface area contributed by atoms with E-state index in [4.69, 9.17) is 27.9 Å². The van der Waals surface area contributed by atoms with Crippen LogP contribution in [-0.4, -0.2) is 18.7 Å². The molecule has 2 atom stereocenters. The number of hydrogen-bond acceptors (Lipinski definition) is 2. The van der Waals surface area contributed by atoms with Crippen molar-refractivity contribution in [1.82, 2.24) is 5.32 Å². The molecular formula is C15H21Cl2NO. The van der Waals surface area contributed by atoms with E-state index >= 15 is 0 Å². The van der Waals surface area contributed by atoms with E-state index in [9.17, 15) is 0 Å². The van der Waals surface area contributed by atoms with Gasteiger partial charge in [0.2, 0.25) is 0 Å². The zero-order valence-corrected chi connectivity index (χ0v) is 13.2. The lowest BCUT2D eigenvalue weighted by Crippen LogP contribution is -2.39. The van der Waals surface area contributed by atoms with Gasteiger partial charge in [-0.25, -0.2) is 0 Å². The van der Waals surface area contributed by atoms with Crippen molar-refractivity contribution >= 4 is 23.2 Å². The van der Waals surface area contributed by atoms with Crippen molar-refractivity contribution < 1.29 is 4.74 Å². The quantitative estimate of drug-likeness (QED) is 0.890. The summed E-state index contributed by atoms with van der Waals surface area (Å²) in [7, 11) is 0. The normalized spacial score (nSPS) is 23.8. The fraction of sp³-hybridized carbons (Fsp3) is 0.600. The van der Waals surface area contributed by atoms with Crippen LogP contribution in [0.25, 0.3) is 0 Å². The van der Waals surface area contributed by atoms with Crippen LogP contribution in [0, 0.1) is 5.92 Å². The predicted octanol–water partition coefficient (Wildman–Crippen LogP) is 4.46. The van der Waals surface area contributed by atoms with Crippen molar-refractivity contribution in [3.63, 3.8) is 0 Å². The third kappa shape index (κ3) is 4.09. The summed E-state index contributed by atoms with van der Waals surface area (Å²) in [6, 6.07) is 5.57. The first-order valence-corrected chi connectivity index (χ1v) is 7.44. The molecule has 0 saturated carbocycles. The van der Waals surface area contributed by atoms with Crippen LogP contribution in [0.5, 0.6) is 0 Å². The molecule has 0 radical (unpaired) electrons. The minimum atomic E-state index is 0.0426. The molecule has 1 aromatic rings. The third-order valence-corrected chi connectivity index (χ3v) is 3.95. The lowest BCUT2D eigenvalue weighted by atomic mass is 9.94. The Hall–Kier alpha value is -0.280. The lowest BCUT2D eigenvalue weighted by Gasteiger charge is -2.26. The van der Waals surface area contributed by atoms with E-state index in [-0.39, 0.29) is 11.6 Å². The standard InChI is InChI=1S/C15H21Cl2NO/c1-15(2,3)18-9-10-6-7-19-14(10)12-8-11(16)4-5-13(12)17/h4-5,8,10,14,18H,6-7,9H2,1-3H3. The van der Waals surface area contributed by atoms with E-state index < -0.39 is 0 Å². The van der Waals surface area contributed by atoms with E-state index in [1.807, 2.05) is 18.2 Å². The van der Waals surface area contributed by atoms with Crippen LogP contribution in [0.15, 0.2) is 18.2 Å². The molecule has 0 aliphatic carbocycles. The maximum Gasteiger partial charge on any atom is 0.0880 e. The average molecular weight is 302 g/mol. The van der Waals surface area contributed by atoms with E-state index in [1.165, 1.54) is 0 Å². The highest BCUT2D eigenvalue weighted by molar-refractivity contribution is 6.33. The SMILES string of the molecule is CC(C)(C)NCC1CCOC1c1cc(Cl)ccc1Cl. The lowest BCUT2D eigenvalue weighted by molar-refractivity contribution is 0.0890. The Morgan fingerprint density at radius 1 is 1.32 bits per heavy atom. The Labute approximate surface area is 125 Å². The summed E-state index contributed by atoms with van der Waals surface area (Å²) in [5.41, 5.74) is 1.12. The number of benzene rings is 1. The molecule has 1 saturated heterocycles. The van der Waals surface area contributed by atoms with Gasteiger partial charge in [0.1, 0.15) is 0 Å². The molecule has 19 heavy (non-hydrogen) atoms. The van der Waals surface area contributed by atoms with Gasteiger partial charge in [0.05, 0.1) is 6.10 Å². The van der Waals surface area contributed by atoms with Gasteiger partial charge in [-0.2, -0.15) is 0 Å². The summed E-state index contributed by atoms with van der Waals surface area (Å²) in [6.45, 7) is 8.22. The largest absolute Gasteiger partial charge is 0.373 e. The summed E-state index contributed by atoms with van der Waals surface area (Å²) in [5, 5.41) is 4.98. The number of nitrogens with one attached hydrogen (secondary N) is 1. The van der Waals surface area contributed by atoms with Crippen molar-refractivity contribution in [2.45, 2.75) is 38.8 Å². The molecule has 1 heterocycles. The molecule has 0 spiro atoms. The summed E-state index contributed by atoms with van der Waals surface area (Å²) < 4.78 is 5.87. The van der Waals surface area contributed by atoms with Gasteiger partial charge in [-0.3, -0.25) is 0 Å². The van der Waals surface area contributed by atoms with Gasteiger partial charge in [0.15, 0.2) is 0 Å². The van der Waals surface area contributed by atoms with Gasteiger partial charge in [0, 0.05) is 40.2 Å². The van der Waals surface area contributed by atoms with Gasteiger partial charge in [-0.15, -0.1) is 0 Å². The monoisotopic (exact) mass is 301 g/mol. The first-order chi connectivity index (χ1) is 8.87.